The lowest BCUT2D eigenvalue weighted by Gasteiger charge is -2.30. The average Bonchev–Trinajstić information content (AvgIpc) is 3.06. The Bertz CT molecular complexity index is 1480. The summed E-state index contributed by atoms with van der Waals surface area (Å²) < 4.78 is 5.95. The van der Waals surface area contributed by atoms with Crippen molar-refractivity contribution in [1.29, 1.82) is 0 Å². The van der Waals surface area contributed by atoms with Gasteiger partial charge in [-0.15, -0.1) is 0 Å². The summed E-state index contributed by atoms with van der Waals surface area (Å²) in [5.41, 5.74) is 1.42. The van der Waals surface area contributed by atoms with Gasteiger partial charge in [-0.2, -0.15) is 0 Å². The Hall–Kier alpha value is -5.10. The average molecular weight is 537 g/mol. The Kier molecular flexibility index (Phi) is 7.13. The van der Waals surface area contributed by atoms with Crippen LogP contribution >= 0.6 is 0 Å². The summed E-state index contributed by atoms with van der Waals surface area (Å²) >= 11 is 0. The summed E-state index contributed by atoms with van der Waals surface area (Å²) in [7, 11) is 0. The molecule has 4 aromatic carbocycles. The Balaban J connectivity index is 1.28. The van der Waals surface area contributed by atoms with Crippen molar-refractivity contribution in [3.8, 4) is 11.8 Å². The van der Waals surface area contributed by atoms with E-state index >= 15 is 0 Å². The zero-order valence-electron chi connectivity index (χ0n) is 22.2. The molecule has 0 aliphatic rings. The molecule has 0 bridgehead atoms. The van der Waals surface area contributed by atoms with Gasteiger partial charge in [0.25, 0.3) is 0 Å². The minimum atomic E-state index is -1.38. The number of benzene rings is 4. The fourth-order valence-corrected chi connectivity index (χ4v) is 5.13. The Morgan fingerprint density at radius 1 is 0.366 bits per heavy atom. The van der Waals surface area contributed by atoms with Crippen molar-refractivity contribution in [2.45, 2.75) is 11.2 Å². The van der Waals surface area contributed by atoms with Gasteiger partial charge in [0.05, 0.1) is 0 Å². The number of hydrogen-bond acceptors (Lipinski definition) is 5. The van der Waals surface area contributed by atoms with Crippen LogP contribution in [0.25, 0.3) is 0 Å². The number of ether oxygens (including phenoxy) is 1. The van der Waals surface area contributed by atoms with Crippen molar-refractivity contribution in [1.82, 2.24) is 9.97 Å². The van der Waals surface area contributed by atoms with Crippen LogP contribution in [0.5, 0.6) is 11.8 Å². The van der Waals surface area contributed by atoms with Crippen LogP contribution in [-0.2, 0) is 11.2 Å². The SMILES string of the molecule is OC(c1ccccc1)(c1ccccc1)c1ccc(Oc2ccc(C(O)(c3ccccc3)c3ccccc3)cn2)nc1. The van der Waals surface area contributed by atoms with Crippen molar-refractivity contribution in [3.05, 3.63) is 191 Å². The molecule has 0 fully saturated rings. The van der Waals surface area contributed by atoms with Crippen LogP contribution < -0.4 is 4.74 Å². The highest BCUT2D eigenvalue weighted by molar-refractivity contribution is 5.48. The van der Waals surface area contributed by atoms with Gasteiger partial charge in [-0.3, -0.25) is 0 Å². The predicted octanol–water partition coefficient (Wildman–Crippen LogP) is 6.84. The van der Waals surface area contributed by atoms with Gasteiger partial charge in [0.1, 0.15) is 11.2 Å². The minimum Gasteiger partial charge on any atom is -0.421 e. The number of hydrogen-bond donors (Lipinski definition) is 2. The molecule has 0 amide bonds. The maximum atomic E-state index is 12.0. The molecule has 0 aliphatic heterocycles. The van der Waals surface area contributed by atoms with Crippen molar-refractivity contribution in [2.24, 2.45) is 0 Å². The van der Waals surface area contributed by atoms with Gasteiger partial charge in [-0.05, 0) is 34.4 Å². The fraction of sp³-hybridized carbons (Fsp3) is 0.0556. The van der Waals surface area contributed by atoms with Gasteiger partial charge >= 0.3 is 0 Å². The number of pyridine rings is 2. The van der Waals surface area contributed by atoms with E-state index in [1.54, 1.807) is 36.7 Å². The van der Waals surface area contributed by atoms with E-state index in [2.05, 4.69) is 9.97 Å². The topological polar surface area (TPSA) is 75.5 Å². The third-order valence-corrected chi connectivity index (χ3v) is 7.28. The van der Waals surface area contributed by atoms with Gasteiger partial charge in [0.15, 0.2) is 0 Å². The molecule has 6 aromatic rings. The number of nitrogens with zero attached hydrogens (tertiary/aromatic N) is 2. The molecule has 0 saturated carbocycles. The summed E-state index contributed by atoms with van der Waals surface area (Å²) in [6, 6.07) is 45.1. The van der Waals surface area contributed by atoms with Crippen LogP contribution in [0.4, 0.5) is 0 Å². The third-order valence-electron chi connectivity index (χ3n) is 7.28. The lowest BCUT2D eigenvalue weighted by Crippen LogP contribution is -2.29. The van der Waals surface area contributed by atoms with Gasteiger partial charge in [-0.1, -0.05) is 121 Å². The molecule has 0 spiro atoms. The molecule has 0 radical (unpaired) electrons. The third kappa shape index (κ3) is 5.00. The molecular weight excluding hydrogens is 508 g/mol. The summed E-state index contributed by atoms with van der Waals surface area (Å²) in [5, 5.41) is 24.0. The van der Waals surface area contributed by atoms with Gasteiger partial charge in [0.2, 0.25) is 11.8 Å². The maximum absolute atomic E-state index is 12.0. The molecule has 0 atom stereocenters. The number of aliphatic hydroxyl groups is 2. The summed E-state index contributed by atoms with van der Waals surface area (Å²) in [5.74, 6) is 0.665. The molecule has 0 unspecified atom stereocenters. The molecule has 2 N–H and O–H groups in total. The second kappa shape index (κ2) is 11.2. The van der Waals surface area contributed by atoms with Crippen LogP contribution in [0.15, 0.2) is 158 Å². The van der Waals surface area contributed by atoms with E-state index in [4.69, 9.17) is 4.74 Å². The number of aromatic nitrogens is 2. The maximum Gasteiger partial charge on any atom is 0.221 e. The van der Waals surface area contributed by atoms with Gasteiger partial charge in [-0.25, -0.2) is 9.97 Å². The molecule has 6 rings (SSSR count). The van der Waals surface area contributed by atoms with E-state index in [0.29, 0.717) is 22.9 Å². The Labute approximate surface area is 239 Å². The minimum absolute atomic E-state index is 0.332. The highest BCUT2D eigenvalue weighted by Crippen LogP contribution is 2.38. The fourth-order valence-electron chi connectivity index (χ4n) is 5.13. The first-order valence-electron chi connectivity index (χ1n) is 13.4. The standard InChI is InChI=1S/C36H28N2O3/c39-35(27-13-5-1-6-14-27,28-15-7-2-8-16-28)31-21-23-33(37-25-31)41-34-24-22-32(26-38-34)36(40,29-17-9-3-10-18-29)30-19-11-4-12-20-30/h1-26,39-40H. The number of rotatable bonds is 8. The smallest absolute Gasteiger partial charge is 0.221 e. The second-order valence-corrected chi connectivity index (χ2v) is 9.76. The van der Waals surface area contributed by atoms with Crippen molar-refractivity contribution < 1.29 is 14.9 Å². The summed E-state index contributed by atoms with van der Waals surface area (Å²) in [6.45, 7) is 0. The van der Waals surface area contributed by atoms with E-state index in [1.165, 1.54) is 0 Å². The van der Waals surface area contributed by atoms with E-state index in [1.807, 2.05) is 121 Å². The largest absolute Gasteiger partial charge is 0.421 e. The molecular formula is C36H28N2O3. The summed E-state index contributed by atoms with van der Waals surface area (Å²) in [4.78, 5) is 8.97. The highest BCUT2D eigenvalue weighted by atomic mass is 16.5. The van der Waals surface area contributed by atoms with E-state index in [-0.39, 0.29) is 0 Å². The van der Waals surface area contributed by atoms with Crippen LogP contribution in [0.1, 0.15) is 33.4 Å². The van der Waals surface area contributed by atoms with E-state index < -0.39 is 11.2 Å². The van der Waals surface area contributed by atoms with Crippen molar-refractivity contribution >= 4 is 0 Å². The zero-order chi connectivity index (χ0) is 28.1. The zero-order valence-corrected chi connectivity index (χ0v) is 22.2. The Morgan fingerprint density at radius 2 is 0.659 bits per heavy atom. The Morgan fingerprint density at radius 3 is 0.902 bits per heavy atom. The monoisotopic (exact) mass is 536 g/mol. The first-order chi connectivity index (χ1) is 20.1. The quantitative estimate of drug-likeness (QED) is 0.223. The lowest BCUT2D eigenvalue weighted by molar-refractivity contribution is 0.125. The van der Waals surface area contributed by atoms with Crippen LogP contribution in [0.2, 0.25) is 0 Å². The molecule has 5 nitrogen and oxygen atoms in total. The highest BCUT2D eigenvalue weighted by Gasteiger charge is 2.35. The van der Waals surface area contributed by atoms with Gasteiger partial charge < -0.3 is 14.9 Å². The van der Waals surface area contributed by atoms with Gasteiger partial charge in [0, 0.05) is 35.7 Å². The molecule has 0 aliphatic carbocycles. The van der Waals surface area contributed by atoms with Crippen molar-refractivity contribution in [2.75, 3.05) is 0 Å². The first-order valence-corrected chi connectivity index (χ1v) is 13.4. The first kappa shape index (κ1) is 26.1. The normalized spacial score (nSPS) is 11.7. The van der Waals surface area contributed by atoms with Crippen LogP contribution in [0, 0.1) is 0 Å². The molecule has 5 heteroatoms. The molecule has 41 heavy (non-hydrogen) atoms. The lowest BCUT2D eigenvalue weighted by atomic mass is 9.81. The molecule has 2 aromatic heterocycles. The molecule has 0 saturated heterocycles. The molecule has 200 valence electrons. The van der Waals surface area contributed by atoms with E-state index in [9.17, 15) is 10.2 Å². The summed E-state index contributed by atoms with van der Waals surface area (Å²) in [6.07, 6.45) is 3.24. The second-order valence-electron chi connectivity index (χ2n) is 9.76. The van der Waals surface area contributed by atoms with Crippen molar-refractivity contribution in [3.63, 3.8) is 0 Å². The van der Waals surface area contributed by atoms with Crippen LogP contribution in [-0.4, -0.2) is 20.2 Å². The molecule has 2 heterocycles. The predicted molar refractivity (Wildman–Crippen MR) is 159 cm³/mol. The van der Waals surface area contributed by atoms with Crippen LogP contribution in [0.3, 0.4) is 0 Å². The van der Waals surface area contributed by atoms with E-state index in [0.717, 1.165) is 22.3 Å².